The first-order valence-electron chi connectivity index (χ1n) is 12.8. The second-order valence-corrected chi connectivity index (χ2v) is 9.17. The van der Waals surface area contributed by atoms with Crippen LogP contribution in [0.1, 0.15) is 49.8 Å². The minimum Gasteiger partial charge on any atom is -0.492 e. The third-order valence-electron chi connectivity index (χ3n) is 6.58. The van der Waals surface area contributed by atoms with Gasteiger partial charge in [-0.05, 0) is 83.3 Å². The summed E-state index contributed by atoms with van der Waals surface area (Å²) in [5.41, 5.74) is 8.96. The highest BCUT2D eigenvalue weighted by atomic mass is 16.5. The second-order valence-electron chi connectivity index (χ2n) is 9.17. The Kier molecular flexibility index (Phi) is 9.72. The summed E-state index contributed by atoms with van der Waals surface area (Å²) in [6, 6.07) is 22.1. The highest BCUT2D eigenvalue weighted by molar-refractivity contribution is 5.86. The summed E-state index contributed by atoms with van der Waals surface area (Å²) in [6.07, 6.45) is 7.22. The molecule has 0 heterocycles. The van der Waals surface area contributed by atoms with Crippen LogP contribution < -0.4 is 4.74 Å². The van der Waals surface area contributed by atoms with Crippen LogP contribution in [0.3, 0.4) is 0 Å². The van der Waals surface area contributed by atoms with E-state index in [9.17, 15) is 4.79 Å². The number of unbranched alkanes of at least 4 members (excludes halogenated alkanes) is 2. The lowest BCUT2D eigenvalue weighted by molar-refractivity contribution is -0.125. The van der Waals surface area contributed by atoms with Crippen molar-refractivity contribution >= 4 is 5.91 Å². The molecule has 0 saturated carbocycles. The van der Waals surface area contributed by atoms with E-state index in [1.807, 2.05) is 6.07 Å². The normalized spacial score (nSPS) is 10.7. The number of amides is 1. The Morgan fingerprint density at radius 1 is 0.943 bits per heavy atom. The molecule has 0 aliphatic rings. The van der Waals surface area contributed by atoms with Crippen LogP contribution in [0.15, 0.2) is 73.3 Å². The highest BCUT2D eigenvalue weighted by Gasteiger charge is 2.11. The largest absolute Gasteiger partial charge is 0.492 e. The summed E-state index contributed by atoms with van der Waals surface area (Å²) in [6.45, 7) is 11.1. The number of nitrogens with zero attached hydrogens (tertiary/aromatic N) is 1. The van der Waals surface area contributed by atoms with Gasteiger partial charge in [-0.2, -0.15) is 0 Å². The van der Waals surface area contributed by atoms with Crippen LogP contribution in [0.25, 0.3) is 22.3 Å². The fraction of sp³-hybridized carbons (Fsp3) is 0.344. The molecule has 3 rings (SSSR count). The minimum absolute atomic E-state index is 0.0972. The number of rotatable bonds is 12. The van der Waals surface area contributed by atoms with Crippen molar-refractivity contribution in [1.29, 1.82) is 0 Å². The minimum atomic E-state index is -0.0972. The van der Waals surface area contributed by atoms with Crippen molar-refractivity contribution in [3.8, 4) is 28.0 Å². The zero-order valence-electron chi connectivity index (χ0n) is 21.8. The van der Waals surface area contributed by atoms with Crippen LogP contribution in [0.4, 0.5) is 0 Å². The molecule has 3 aromatic carbocycles. The Morgan fingerprint density at radius 3 is 2.31 bits per heavy atom. The van der Waals surface area contributed by atoms with Gasteiger partial charge in [0.1, 0.15) is 12.4 Å². The quantitative estimate of drug-likeness (QED) is 0.201. The van der Waals surface area contributed by atoms with Crippen molar-refractivity contribution in [2.24, 2.45) is 0 Å². The van der Waals surface area contributed by atoms with Gasteiger partial charge in [0.25, 0.3) is 0 Å². The van der Waals surface area contributed by atoms with Crippen LogP contribution >= 0.6 is 0 Å². The van der Waals surface area contributed by atoms with E-state index in [0.717, 1.165) is 18.6 Å². The standard InChI is InChI=1S/C32H39NO2/c1-6-9-10-11-25-12-14-27(15-13-25)28-16-18-30(24(4)22-28)31-19-17-29(23-26(31)7-2)35-21-20-33(5)32(34)8-3/h8,12-19,22-23H,3,6-7,9-11,20-21H2,1-2,4-5H3. The van der Waals surface area contributed by atoms with Crippen molar-refractivity contribution in [2.45, 2.75) is 52.9 Å². The molecule has 3 nitrogen and oxygen atoms in total. The molecule has 0 radical (unpaired) electrons. The Morgan fingerprint density at radius 2 is 1.66 bits per heavy atom. The zero-order valence-corrected chi connectivity index (χ0v) is 21.8. The van der Waals surface area contributed by atoms with Crippen molar-refractivity contribution in [3.63, 3.8) is 0 Å². The van der Waals surface area contributed by atoms with E-state index in [2.05, 4.69) is 81.9 Å². The predicted octanol–water partition coefficient (Wildman–Crippen LogP) is 7.65. The lowest BCUT2D eigenvalue weighted by atomic mass is 9.92. The van der Waals surface area contributed by atoms with E-state index < -0.39 is 0 Å². The third kappa shape index (κ3) is 7.08. The lowest BCUT2D eigenvalue weighted by Crippen LogP contribution is -2.29. The van der Waals surface area contributed by atoms with Gasteiger partial charge < -0.3 is 9.64 Å². The maximum Gasteiger partial charge on any atom is 0.245 e. The average Bonchev–Trinajstić information content (AvgIpc) is 2.88. The molecule has 0 unspecified atom stereocenters. The molecule has 0 bridgehead atoms. The number of aryl methyl sites for hydroxylation is 3. The number of ether oxygens (including phenoxy) is 1. The number of hydrogen-bond donors (Lipinski definition) is 0. The molecule has 0 fully saturated rings. The summed E-state index contributed by atoms with van der Waals surface area (Å²) in [4.78, 5) is 13.2. The first-order chi connectivity index (χ1) is 17.0. The molecular formula is C32H39NO2. The molecule has 3 aromatic rings. The van der Waals surface area contributed by atoms with E-state index in [-0.39, 0.29) is 5.91 Å². The zero-order chi connectivity index (χ0) is 25.2. The Balaban J connectivity index is 1.72. The molecule has 0 N–H and O–H groups in total. The van der Waals surface area contributed by atoms with E-state index in [1.165, 1.54) is 64.3 Å². The summed E-state index contributed by atoms with van der Waals surface area (Å²) >= 11 is 0. The van der Waals surface area contributed by atoms with Crippen LogP contribution in [0.5, 0.6) is 5.75 Å². The summed E-state index contributed by atoms with van der Waals surface area (Å²) in [5, 5.41) is 0. The summed E-state index contributed by atoms with van der Waals surface area (Å²) in [7, 11) is 1.75. The molecule has 0 saturated heterocycles. The third-order valence-corrected chi connectivity index (χ3v) is 6.58. The fourth-order valence-electron chi connectivity index (χ4n) is 4.37. The maximum atomic E-state index is 11.6. The van der Waals surface area contributed by atoms with E-state index in [0.29, 0.717) is 13.2 Å². The van der Waals surface area contributed by atoms with E-state index in [4.69, 9.17) is 4.74 Å². The molecule has 3 heteroatoms. The van der Waals surface area contributed by atoms with Crippen molar-refractivity contribution in [1.82, 2.24) is 4.90 Å². The fourth-order valence-corrected chi connectivity index (χ4v) is 4.37. The second kappa shape index (κ2) is 12.9. The number of carbonyl (C=O) groups is 1. The van der Waals surface area contributed by atoms with Crippen LogP contribution in [0, 0.1) is 6.92 Å². The van der Waals surface area contributed by atoms with Gasteiger partial charge in [0, 0.05) is 7.05 Å². The van der Waals surface area contributed by atoms with Gasteiger partial charge in [-0.1, -0.05) is 81.8 Å². The van der Waals surface area contributed by atoms with E-state index >= 15 is 0 Å². The highest BCUT2D eigenvalue weighted by Crippen LogP contribution is 2.33. The molecule has 0 aromatic heterocycles. The number of benzene rings is 3. The smallest absolute Gasteiger partial charge is 0.245 e. The van der Waals surface area contributed by atoms with Crippen molar-refractivity contribution in [2.75, 3.05) is 20.2 Å². The molecule has 0 atom stereocenters. The molecule has 0 spiro atoms. The van der Waals surface area contributed by atoms with Gasteiger partial charge in [-0.3, -0.25) is 4.79 Å². The van der Waals surface area contributed by atoms with Crippen LogP contribution in [-0.4, -0.2) is 31.0 Å². The molecule has 1 amide bonds. The van der Waals surface area contributed by atoms with Crippen LogP contribution in [-0.2, 0) is 17.6 Å². The van der Waals surface area contributed by atoms with Crippen LogP contribution in [0.2, 0.25) is 0 Å². The summed E-state index contributed by atoms with van der Waals surface area (Å²) < 4.78 is 5.92. The van der Waals surface area contributed by atoms with Gasteiger partial charge in [-0.25, -0.2) is 0 Å². The Labute approximate surface area is 211 Å². The number of hydrogen-bond acceptors (Lipinski definition) is 2. The van der Waals surface area contributed by atoms with Gasteiger partial charge in [-0.15, -0.1) is 0 Å². The Hall–Kier alpha value is -3.33. The first kappa shape index (κ1) is 26.3. The molecular weight excluding hydrogens is 430 g/mol. The van der Waals surface area contributed by atoms with Gasteiger partial charge in [0.05, 0.1) is 6.54 Å². The number of carbonyl (C=O) groups excluding carboxylic acids is 1. The number of likely N-dealkylation sites (N-methyl/N-ethyl adjacent to an activating group) is 1. The Bertz CT molecular complexity index is 1130. The SMILES string of the molecule is C=CC(=O)N(C)CCOc1ccc(-c2ccc(-c3ccc(CCCCC)cc3)cc2C)c(CC)c1. The van der Waals surface area contributed by atoms with Crippen molar-refractivity contribution in [3.05, 3.63) is 90.0 Å². The lowest BCUT2D eigenvalue weighted by Gasteiger charge is -2.17. The van der Waals surface area contributed by atoms with Gasteiger partial charge in [0.2, 0.25) is 5.91 Å². The predicted molar refractivity (Wildman–Crippen MR) is 148 cm³/mol. The van der Waals surface area contributed by atoms with Gasteiger partial charge >= 0.3 is 0 Å². The molecule has 35 heavy (non-hydrogen) atoms. The molecule has 0 aliphatic heterocycles. The monoisotopic (exact) mass is 469 g/mol. The van der Waals surface area contributed by atoms with Gasteiger partial charge in [0.15, 0.2) is 0 Å². The first-order valence-corrected chi connectivity index (χ1v) is 12.8. The average molecular weight is 470 g/mol. The van der Waals surface area contributed by atoms with E-state index in [1.54, 1.807) is 11.9 Å². The van der Waals surface area contributed by atoms with Crippen molar-refractivity contribution < 1.29 is 9.53 Å². The molecule has 0 aliphatic carbocycles. The molecule has 184 valence electrons. The topological polar surface area (TPSA) is 29.5 Å². The summed E-state index contributed by atoms with van der Waals surface area (Å²) in [5.74, 6) is 0.735. The maximum absolute atomic E-state index is 11.6.